The molecule has 50 valence electrons. The molecule has 0 fully saturated rings. The van der Waals surface area contributed by atoms with Crippen LogP contribution in [0, 0.1) is 0 Å². The molecule has 0 aliphatic rings. The maximum Gasteiger partial charge on any atom is 0.157 e. The number of hydrogen-bond acceptors (Lipinski definition) is 2. The molecule has 0 bridgehead atoms. The first-order valence-corrected chi connectivity index (χ1v) is 3.43. The van der Waals surface area contributed by atoms with Gasteiger partial charge < -0.3 is 4.42 Å². The van der Waals surface area contributed by atoms with Gasteiger partial charge in [-0.2, -0.15) is 0 Å². The largest absolute Gasteiger partial charge is 0.455 e. The van der Waals surface area contributed by atoms with Gasteiger partial charge in [-0.25, -0.2) is 0 Å². The molecule has 9 heavy (non-hydrogen) atoms. The molecule has 0 atom stereocenters. The van der Waals surface area contributed by atoms with Crippen LogP contribution in [0.15, 0.2) is 21.6 Å². The summed E-state index contributed by atoms with van der Waals surface area (Å²) in [6, 6.07) is 3.81. The highest BCUT2D eigenvalue weighted by Gasteiger charge is 2.01. The van der Waals surface area contributed by atoms with Crippen molar-refractivity contribution in [3.8, 4) is 0 Å². The van der Waals surface area contributed by atoms with Gasteiger partial charge in [-0.05, 0) is 12.1 Å². The number of rotatable bonds is 1. The van der Waals surface area contributed by atoms with Gasteiger partial charge in [-0.1, -0.05) is 13.8 Å². The molecule has 0 spiro atoms. The van der Waals surface area contributed by atoms with E-state index in [0.717, 1.165) is 5.76 Å². The van der Waals surface area contributed by atoms with Crippen LogP contribution in [0.5, 0.6) is 0 Å². The van der Waals surface area contributed by atoms with Crippen molar-refractivity contribution in [1.82, 2.24) is 0 Å². The van der Waals surface area contributed by atoms with E-state index in [1.165, 1.54) is 0 Å². The first kappa shape index (κ1) is 6.75. The molecule has 1 rings (SSSR count). The normalized spacial score (nSPS) is 10.7. The van der Waals surface area contributed by atoms with Gasteiger partial charge in [0.15, 0.2) is 5.09 Å². The molecule has 0 aliphatic carbocycles. The zero-order valence-electron chi connectivity index (χ0n) is 5.59. The van der Waals surface area contributed by atoms with E-state index in [0.29, 0.717) is 11.0 Å². The van der Waals surface area contributed by atoms with Crippen molar-refractivity contribution in [3.63, 3.8) is 0 Å². The van der Waals surface area contributed by atoms with Crippen LogP contribution in [0.4, 0.5) is 0 Å². The highest BCUT2D eigenvalue weighted by atomic mass is 32.1. The van der Waals surface area contributed by atoms with Crippen molar-refractivity contribution in [1.29, 1.82) is 0 Å². The molecular formula is C7H10OS. The standard InChI is InChI=1S/C7H10OS/c1-5(2)6-3-4-7(9)8-6/h3-5,9H,1-2H3. The summed E-state index contributed by atoms with van der Waals surface area (Å²) in [4.78, 5) is 0. The van der Waals surface area contributed by atoms with E-state index in [4.69, 9.17) is 4.42 Å². The SMILES string of the molecule is CC(C)c1ccc(S)o1. The predicted molar refractivity (Wildman–Crippen MR) is 40.0 cm³/mol. The van der Waals surface area contributed by atoms with Gasteiger partial charge in [-0.3, -0.25) is 0 Å². The Bertz CT molecular complexity index is 191. The van der Waals surface area contributed by atoms with Gasteiger partial charge in [0.05, 0.1) is 0 Å². The summed E-state index contributed by atoms with van der Waals surface area (Å²) in [6.07, 6.45) is 0. The van der Waals surface area contributed by atoms with Gasteiger partial charge in [0.1, 0.15) is 5.76 Å². The lowest BCUT2D eigenvalue weighted by atomic mass is 10.2. The van der Waals surface area contributed by atoms with Crippen molar-refractivity contribution in [2.75, 3.05) is 0 Å². The van der Waals surface area contributed by atoms with Crippen LogP contribution >= 0.6 is 12.6 Å². The Hall–Kier alpha value is -0.370. The Morgan fingerprint density at radius 1 is 1.44 bits per heavy atom. The summed E-state index contributed by atoms with van der Waals surface area (Å²) in [7, 11) is 0. The van der Waals surface area contributed by atoms with Gasteiger partial charge in [0, 0.05) is 5.92 Å². The Balaban J connectivity index is 2.85. The summed E-state index contributed by atoms with van der Waals surface area (Å²) in [5.74, 6) is 1.46. The third-order valence-corrected chi connectivity index (χ3v) is 1.42. The highest BCUT2D eigenvalue weighted by Crippen LogP contribution is 2.18. The van der Waals surface area contributed by atoms with Crippen molar-refractivity contribution in [2.45, 2.75) is 24.9 Å². The lowest BCUT2D eigenvalue weighted by Gasteiger charge is -1.95. The van der Waals surface area contributed by atoms with Crippen LogP contribution in [-0.2, 0) is 0 Å². The maximum atomic E-state index is 5.21. The average Bonchev–Trinajstić information content (AvgIpc) is 2.14. The van der Waals surface area contributed by atoms with Crippen LogP contribution < -0.4 is 0 Å². The fourth-order valence-corrected chi connectivity index (χ4v) is 0.832. The molecule has 0 amide bonds. The van der Waals surface area contributed by atoms with E-state index in [1.807, 2.05) is 12.1 Å². The lowest BCUT2D eigenvalue weighted by molar-refractivity contribution is 0.417. The van der Waals surface area contributed by atoms with Crippen LogP contribution in [0.1, 0.15) is 25.5 Å². The third-order valence-electron chi connectivity index (χ3n) is 1.18. The molecule has 1 aromatic rings. The van der Waals surface area contributed by atoms with Gasteiger partial charge >= 0.3 is 0 Å². The predicted octanol–water partition coefficient (Wildman–Crippen LogP) is 2.69. The van der Waals surface area contributed by atoms with E-state index in [1.54, 1.807) is 0 Å². The Kier molecular flexibility index (Phi) is 1.86. The molecule has 2 heteroatoms. The quantitative estimate of drug-likeness (QED) is 0.595. The van der Waals surface area contributed by atoms with E-state index in [9.17, 15) is 0 Å². The number of thiol groups is 1. The van der Waals surface area contributed by atoms with Gasteiger partial charge in [-0.15, -0.1) is 12.6 Å². The molecule has 1 nitrogen and oxygen atoms in total. The monoisotopic (exact) mass is 142 g/mol. The van der Waals surface area contributed by atoms with Crippen LogP contribution in [-0.4, -0.2) is 0 Å². The highest BCUT2D eigenvalue weighted by molar-refractivity contribution is 7.80. The Labute approximate surface area is 60.5 Å². The fourth-order valence-electron chi connectivity index (χ4n) is 0.653. The van der Waals surface area contributed by atoms with E-state index < -0.39 is 0 Å². The molecule has 0 radical (unpaired) electrons. The molecule has 1 aromatic heterocycles. The van der Waals surface area contributed by atoms with Crippen LogP contribution in [0.25, 0.3) is 0 Å². The summed E-state index contributed by atoms with van der Waals surface area (Å²) < 4.78 is 5.21. The zero-order valence-corrected chi connectivity index (χ0v) is 6.48. The second-order valence-electron chi connectivity index (χ2n) is 2.33. The van der Waals surface area contributed by atoms with E-state index in [-0.39, 0.29) is 0 Å². The topological polar surface area (TPSA) is 13.1 Å². The molecule has 0 N–H and O–H groups in total. The number of hydrogen-bond donors (Lipinski definition) is 1. The minimum Gasteiger partial charge on any atom is -0.455 e. The third kappa shape index (κ3) is 1.52. The molecule has 0 saturated carbocycles. The summed E-state index contributed by atoms with van der Waals surface area (Å²) in [6.45, 7) is 4.18. The second-order valence-corrected chi connectivity index (χ2v) is 2.77. The minimum atomic E-state index is 0.464. The Morgan fingerprint density at radius 2 is 2.11 bits per heavy atom. The number of furan rings is 1. The van der Waals surface area contributed by atoms with Crippen molar-refractivity contribution < 1.29 is 4.42 Å². The summed E-state index contributed by atoms with van der Waals surface area (Å²) >= 11 is 4.03. The second kappa shape index (κ2) is 2.48. The molecule has 0 aliphatic heterocycles. The van der Waals surface area contributed by atoms with Crippen molar-refractivity contribution in [3.05, 3.63) is 17.9 Å². The maximum absolute atomic E-state index is 5.21. The first-order valence-electron chi connectivity index (χ1n) is 2.99. The molecule has 0 saturated heterocycles. The fraction of sp³-hybridized carbons (Fsp3) is 0.429. The minimum absolute atomic E-state index is 0.464. The lowest BCUT2D eigenvalue weighted by Crippen LogP contribution is -1.79. The molecule has 1 heterocycles. The smallest absolute Gasteiger partial charge is 0.157 e. The van der Waals surface area contributed by atoms with Gasteiger partial charge in [0.25, 0.3) is 0 Å². The van der Waals surface area contributed by atoms with Crippen molar-refractivity contribution in [2.24, 2.45) is 0 Å². The van der Waals surface area contributed by atoms with E-state index in [2.05, 4.69) is 26.5 Å². The zero-order chi connectivity index (χ0) is 6.85. The molecular weight excluding hydrogens is 132 g/mol. The van der Waals surface area contributed by atoms with Crippen molar-refractivity contribution >= 4 is 12.6 Å². The van der Waals surface area contributed by atoms with Crippen LogP contribution in [0.2, 0.25) is 0 Å². The first-order chi connectivity index (χ1) is 4.20. The molecule has 0 unspecified atom stereocenters. The molecule has 0 aromatic carbocycles. The average molecular weight is 142 g/mol. The van der Waals surface area contributed by atoms with Gasteiger partial charge in [0.2, 0.25) is 0 Å². The Morgan fingerprint density at radius 3 is 2.33 bits per heavy atom. The summed E-state index contributed by atoms with van der Waals surface area (Å²) in [5.41, 5.74) is 0. The van der Waals surface area contributed by atoms with Crippen LogP contribution in [0.3, 0.4) is 0 Å². The summed E-state index contributed by atoms with van der Waals surface area (Å²) in [5, 5.41) is 0.693. The van der Waals surface area contributed by atoms with E-state index >= 15 is 0 Å².